The van der Waals surface area contributed by atoms with Gasteiger partial charge in [0.2, 0.25) is 0 Å². The van der Waals surface area contributed by atoms with Crippen LogP contribution < -0.4 is 0 Å². The molecule has 0 unspecified atom stereocenters. The van der Waals surface area contributed by atoms with Crippen molar-refractivity contribution in [1.29, 1.82) is 0 Å². The van der Waals surface area contributed by atoms with Gasteiger partial charge in [-0.1, -0.05) is 0 Å². The number of aryl methyl sites for hydroxylation is 1. The van der Waals surface area contributed by atoms with Gasteiger partial charge in [-0.05, 0) is 25.1 Å². The fraction of sp³-hybridized carbons (Fsp3) is 0.182. The third-order valence-electron chi connectivity index (χ3n) is 2.02. The molecule has 76 valence electrons. The highest BCUT2D eigenvalue weighted by Crippen LogP contribution is 2.16. The summed E-state index contributed by atoms with van der Waals surface area (Å²) in [4.78, 5) is 12.7. The normalized spacial score (nSPS) is 10.3. The van der Waals surface area contributed by atoms with Crippen molar-refractivity contribution < 1.29 is 0 Å². The van der Waals surface area contributed by atoms with Crippen LogP contribution in [0, 0.1) is 6.92 Å². The molecule has 0 aliphatic rings. The van der Waals surface area contributed by atoms with Crippen LogP contribution in [-0.2, 0) is 5.75 Å². The van der Waals surface area contributed by atoms with Gasteiger partial charge in [-0.3, -0.25) is 4.98 Å². The molecule has 0 fully saturated rings. The Morgan fingerprint density at radius 3 is 2.60 bits per heavy atom. The van der Waals surface area contributed by atoms with Crippen molar-refractivity contribution in [2.45, 2.75) is 12.7 Å². The van der Waals surface area contributed by atoms with E-state index in [1.54, 1.807) is 12.4 Å². The first-order chi connectivity index (χ1) is 7.29. The van der Waals surface area contributed by atoms with Gasteiger partial charge < -0.3 is 0 Å². The molecular formula is C11H11N3S. The van der Waals surface area contributed by atoms with E-state index < -0.39 is 0 Å². The second-order valence-corrected chi connectivity index (χ2v) is 3.52. The van der Waals surface area contributed by atoms with Gasteiger partial charge in [0.15, 0.2) is 0 Å². The number of hydrogen-bond donors (Lipinski definition) is 1. The van der Waals surface area contributed by atoms with Gasteiger partial charge in [0, 0.05) is 23.7 Å². The molecule has 0 bridgehead atoms. The van der Waals surface area contributed by atoms with Gasteiger partial charge in [-0.2, -0.15) is 12.6 Å². The molecule has 0 amide bonds. The molecule has 2 aromatic rings. The SMILES string of the molecule is Cc1cc(-c2ccncc2)nc(CS)n1. The van der Waals surface area contributed by atoms with Crippen LogP contribution in [0.15, 0.2) is 30.6 Å². The topological polar surface area (TPSA) is 38.7 Å². The van der Waals surface area contributed by atoms with Crippen molar-refractivity contribution in [3.8, 4) is 11.3 Å². The number of pyridine rings is 1. The molecule has 2 aromatic heterocycles. The fourth-order valence-electron chi connectivity index (χ4n) is 1.37. The average molecular weight is 217 g/mol. The van der Waals surface area contributed by atoms with Crippen LogP contribution in [0.5, 0.6) is 0 Å². The largest absolute Gasteiger partial charge is 0.265 e. The molecule has 0 aromatic carbocycles. The summed E-state index contributed by atoms with van der Waals surface area (Å²) in [5.74, 6) is 1.31. The lowest BCUT2D eigenvalue weighted by molar-refractivity contribution is 1.00. The minimum absolute atomic E-state index is 0.555. The van der Waals surface area contributed by atoms with E-state index in [-0.39, 0.29) is 0 Å². The van der Waals surface area contributed by atoms with E-state index in [0.29, 0.717) is 5.75 Å². The zero-order valence-corrected chi connectivity index (χ0v) is 9.28. The maximum atomic E-state index is 4.41. The lowest BCUT2D eigenvalue weighted by Gasteiger charge is -2.03. The van der Waals surface area contributed by atoms with Gasteiger partial charge in [0.1, 0.15) is 5.82 Å². The summed E-state index contributed by atoms with van der Waals surface area (Å²) < 4.78 is 0. The lowest BCUT2D eigenvalue weighted by atomic mass is 10.2. The molecule has 0 N–H and O–H groups in total. The second kappa shape index (κ2) is 4.40. The smallest absolute Gasteiger partial charge is 0.138 e. The van der Waals surface area contributed by atoms with Crippen LogP contribution in [0.2, 0.25) is 0 Å². The molecule has 0 saturated heterocycles. The Labute approximate surface area is 94.0 Å². The van der Waals surface area contributed by atoms with Crippen LogP contribution in [0.3, 0.4) is 0 Å². The van der Waals surface area contributed by atoms with E-state index in [9.17, 15) is 0 Å². The Bertz CT molecular complexity index is 457. The number of aromatic nitrogens is 3. The molecule has 2 rings (SSSR count). The summed E-state index contributed by atoms with van der Waals surface area (Å²) in [6, 6.07) is 5.83. The fourth-order valence-corrected chi connectivity index (χ4v) is 1.51. The standard InChI is InChI=1S/C11H11N3S/c1-8-6-10(14-11(7-15)13-8)9-2-4-12-5-3-9/h2-6,15H,7H2,1H3. The highest BCUT2D eigenvalue weighted by molar-refractivity contribution is 7.79. The molecular weight excluding hydrogens is 206 g/mol. The van der Waals surface area contributed by atoms with E-state index in [4.69, 9.17) is 0 Å². The van der Waals surface area contributed by atoms with Gasteiger partial charge in [0.25, 0.3) is 0 Å². The van der Waals surface area contributed by atoms with Crippen LogP contribution in [-0.4, -0.2) is 15.0 Å². The molecule has 0 spiro atoms. The first-order valence-electron chi connectivity index (χ1n) is 4.65. The Morgan fingerprint density at radius 2 is 1.93 bits per heavy atom. The van der Waals surface area contributed by atoms with Crippen LogP contribution in [0.4, 0.5) is 0 Å². The third kappa shape index (κ3) is 2.33. The van der Waals surface area contributed by atoms with Crippen molar-refractivity contribution in [3.05, 3.63) is 42.1 Å². The number of hydrogen-bond acceptors (Lipinski definition) is 4. The summed E-state index contributed by atoms with van der Waals surface area (Å²) >= 11 is 4.18. The third-order valence-corrected chi connectivity index (χ3v) is 2.30. The summed E-state index contributed by atoms with van der Waals surface area (Å²) in [7, 11) is 0. The number of thiol groups is 1. The quantitative estimate of drug-likeness (QED) is 0.784. The molecule has 0 aliphatic carbocycles. The van der Waals surface area contributed by atoms with E-state index in [2.05, 4.69) is 27.6 Å². The van der Waals surface area contributed by atoms with Gasteiger partial charge >= 0.3 is 0 Å². The maximum Gasteiger partial charge on any atom is 0.138 e. The van der Waals surface area contributed by atoms with Crippen molar-refractivity contribution in [2.24, 2.45) is 0 Å². The highest BCUT2D eigenvalue weighted by Gasteiger charge is 2.02. The van der Waals surface area contributed by atoms with Gasteiger partial charge in [0.05, 0.1) is 11.4 Å². The molecule has 4 heteroatoms. The Kier molecular flexibility index (Phi) is 2.97. The molecule has 3 nitrogen and oxygen atoms in total. The molecule has 0 saturated carbocycles. The average Bonchev–Trinajstić information content (AvgIpc) is 2.29. The number of rotatable bonds is 2. The van der Waals surface area contributed by atoms with E-state index >= 15 is 0 Å². The van der Waals surface area contributed by atoms with Crippen LogP contribution in [0.25, 0.3) is 11.3 Å². The highest BCUT2D eigenvalue weighted by atomic mass is 32.1. The first-order valence-corrected chi connectivity index (χ1v) is 5.28. The molecule has 0 radical (unpaired) electrons. The Hall–Kier alpha value is -1.42. The lowest BCUT2D eigenvalue weighted by Crippen LogP contribution is -1.96. The van der Waals surface area contributed by atoms with Crippen molar-refractivity contribution in [2.75, 3.05) is 0 Å². The van der Waals surface area contributed by atoms with Crippen LogP contribution >= 0.6 is 12.6 Å². The summed E-state index contributed by atoms with van der Waals surface area (Å²) in [5.41, 5.74) is 2.94. The summed E-state index contributed by atoms with van der Waals surface area (Å²) in [6.07, 6.45) is 3.51. The molecule has 2 heterocycles. The van der Waals surface area contributed by atoms with E-state index in [1.807, 2.05) is 25.1 Å². The van der Waals surface area contributed by atoms with Crippen LogP contribution in [0.1, 0.15) is 11.5 Å². The van der Waals surface area contributed by atoms with E-state index in [0.717, 1.165) is 22.8 Å². The predicted octanol–water partition coefficient (Wildman–Crippen LogP) is 2.28. The van der Waals surface area contributed by atoms with Crippen molar-refractivity contribution in [3.63, 3.8) is 0 Å². The number of nitrogens with zero attached hydrogens (tertiary/aromatic N) is 3. The first kappa shape index (κ1) is 10.1. The van der Waals surface area contributed by atoms with Gasteiger partial charge in [-0.25, -0.2) is 9.97 Å². The summed E-state index contributed by atoms with van der Waals surface area (Å²) in [5, 5.41) is 0. The Balaban J connectivity index is 2.49. The molecule has 0 aliphatic heterocycles. The minimum Gasteiger partial charge on any atom is -0.265 e. The monoisotopic (exact) mass is 217 g/mol. The molecule has 0 atom stereocenters. The van der Waals surface area contributed by atoms with Gasteiger partial charge in [-0.15, -0.1) is 0 Å². The van der Waals surface area contributed by atoms with Crippen molar-refractivity contribution >= 4 is 12.6 Å². The summed E-state index contributed by atoms with van der Waals surface area (Å²) in [6.45, 7) is 1.96. The minimum atomic E-state index is 0.555. The maximum absolute atomic E-state index is 4.41. The zero-order valence-electron chi connectivity index (χ0n) is 8.38. The van der Waals surface area contributed by atoms with Crippen molar-refractivity contribution in [1.82, 2.24) is 15.0 Å². The zero-order chi connectivity index (χ0) is 10.7. The molecule has 15 heavy (non-hydrogen) atoms. The predicted molar refractivity (Wildman–Crippen MR) is 62.7 cm³/mol. The van der Waals surface area contributed by atoms with E-state index in [1.165, 1.54) is 0 Å². The second-order valence-electron chi connectivity index (χ2n) is 3.20. The Morgan fingerprint density at radius 1 is 1.20 bits per heavy atom.